The number of rotatable bonds is 4. The first-order chi connectivity index (χ1) is 7.17. The van der Waals surface area contributed by atoms with Gasteiger partial charge < -0.3 is 11.1 Å². The van der Waals surface area contributed by atoms with Crippen molar-refractivity contribution in [2.75, 3.05) is 6.26 Å². The molecule has 3 atom stereocenters. The zero-order valence-corrected chi connectivity index (χ0v) is 11.7. The van der Waals surface area contributed by atoms with Crippen LogP contribution in [0, 0.1) is 0 Å². The first-order valence-electron chi connectivity index (χ1n) is 5.76. The van der Waals surface area contributed by atoms with Crippen molar-refractivity contribution in [2.45, 2.75) is 56.4 Å². The molecule has 0 spiro atoms. The Balaban J connectivity index is 0.00000225. The van der Waals surface area contributed by atoms with Gasteiger partial charge in [-0.05, 0) is 31.9 Å². The molecule has 0 aromatic carbocycles. The molecule has 1 amide bonds. The minimum atomic E-state index is -0.334. The number of nitrogens with one attached hydrogen (secondary N) is 1. The Morgan fingerprint density at radius 3 is 2.81 bits per heavy atom. The van der Waals surface area contributed by atoms with E-state index in [1.807, 2.05) is 18.7 Å². The third-order valence-corrected chi connectivity index (χ3v) is 4.18. The molecular formula is C11H23ClN2OS. The van der Waals surface area contributed by atoms with Crippen LogP contribution in [-0.2, 0) is 4.79 Å². The average molecular weight is 267 g/mol. The molecule has 3 N–H and O–H groups in total. The van der Waals surface area contributed by atoms with Crippen molar-refractivity contribution in [1.82, 2.24) is 5.32 Å². The number of thioether (sulfide) groups is 1. The van der Waals surface area contributed by atoms with Crippen LogP contribution in [-0.4, -0.2) is 29.5 Å². The molecule has 0 radical (unpaired) electrons. The second kappa shape index (κ2) is 8.20. The van der Waals surface area contributed by atoms with Crippen LogP contribution in [0.3, 0.4) is 0 Å². The summed E-state index contributed by atoms with van der Waals surface area (Å²) in [5.41, 5.74) is 5.68. The van der Waals surface area contributed by atoms with Crippen LogP contribution in [0.5, 0.6) is 0 Å². The molecule has 0 aromatic heterocycles. The fourth-order valence-electron chi connectivity index (χ4n) is 1.98. The number of carbonyl (C=O) groups excluding carboxylic acids is 1. The predicted molar refractivity (Wildman–Crippen MR) is 73.2 cm³/mol. The number of nitrogens with two attached hydrogens (primary N) is 1. The summed E-state index contributed by atoms with van der Waals surface area (Å²) in [5.74, 6) is 0.0178. The van der Waals surface area contributed by atoms with Crippen molar-refractivity contribution in [3.8, 4) is 0 Å². The van der Waals surface area contributed by atoms with Gasteiger partial charge in [-0.1, -0.05) is 13.3 Å². The van der Waals surface area contributed by atoms with Gasteiger partial charge >= 0.3 is 0 Å². The van der Waals surface area contributed by atoms with Gasteiger partial charge in [0.1, 0.15) is 0 Å². The molecule has 16 heavy (non-hydrogen) atoms. The summed E-state index contributed by atoms with van der Waals surface area (Å²) in [6.45, 7) is 1.94. The lowest BCUT2D eigenvalue weighted by atomic mass is 9.94. The molecule has 5 heteroatoms. The highest BCUT2D eigenvalue weighted by molar-refractivity contribution is 7.99. The second-order valence-electron chi connectivity index (χ2n) is 4.24. The van der Waals surface area contributed by atoms with Crippen LogP contribution in [0.25, 0.3) is 0 Å². The maximum absolute atomic E-state index is 11.6. The van der Waals surface area contributed by atoms with Crippen molar-refractivity contribution >= 4 is 30.1 Å². The largest absolute Gasteiger partial charge is 0.352 e. The summed E-state index contributed by atoms with van der Waals surface area (Å²) in [6.07, 6.45) is 7.57. The van der Waals surface area contributed by atoms with E-state index in [2.05, 4.69) is 11.6 Å². The van der Waals surface area contributed by atoms with Crippen molar-refractivity contribution in [2.24, 2.45) is 5.73 Å². The molecule has 1 rings (SSSR count). The lowest BCUT2D eigenvalue weighted by Crippen LogP contribution is -2.46. The zero-order valence-electron chi connectivity index (χ0n) is 10.1. The van der Waals surface area contributed by atoms with Crippen LogP contribution < -0.4 is 11.1 Å². The van der Waals surface area contributed by atoms with E-state index in [9.17, 15) is 4.79 Å². The Labute approximate surface area is 109 Å². The van der Waals surface area contributed by atoms with E-state index in [4.69, 9.17) is 5.73 Å². The maximum Gasteiger partial charge on any atom is 0.237 e. The van der Waals surface area contributed by atoms with Gasteiger partial charge in [0.2, 0.25) is 5.91 Å². The smallest absolute Gasteiger partial charge is 0.237 e. The SMILES string of the molecule is CC[C@H](N)C(=O)NC1CCCC(SC)C1.Cl. The molecule has 0 bridgehead atoms. The number of hydrogen-bond acceptors (Lipinski definition) is 3. The summed E-state index contributed by atoms with van der Waals surface area (Å²) >= 11 is 1.91. The summed E-state index contributed by atoms with van der Waals surface area (Å²) in [4.78, 5) is 11.6. The third-order valence-electron chi connectivity index (χ3n) is 3.08. The van der Waals surface area contributed by atoms with Crippen molar-refractivity contribution in [3.05, 3.63) is 0 Å². The first kappa shape index (κ1) is 16.1. The molecular weight excluding hydrogens is 244 g/mol. The van der Waals surface area contributed by atoms with Gasteiger partial charge in [-0.3, -0.25) is 4.79 Å². The maximum atomic E-state index is 11.6. The van der Waals surface area contributed by atoms with Crippen molar-refractivity contribution < 1.29 is 4.79 Å². The fraction of sp³-hybridized carbons (Fsp3) is 0.909. The Hall–Kier alpha value is 0.0700. The number of amides is 1. The van der Waals surface area contributed by atoms with E-state index in [1.54, 1.807) is 0 Å². The summed E-state index contributed by atoms with van der Waals surface area (Å²) in [6, 6.07) is 0.0148. The second-order valence-corrected chi connectivity index (χ2v) is 5.38. The van der Waals surface area contributed by atoms with Crippen LogP contribution in [0.1, 0.15) is 39.0 Å². The van der Waals surface area contributed by atoms with E-state index >= 15 is 0 Å². The predicted octanol–water partition coefficient (Wildman–Crippen LogP) is 1.94. The molecule has 0 heterocycles. The van der Waals surface area contributed by atoms with Crippen molar-refractivity contribution in [1.29, 1.82) is 0 Å². The molecule has 0 saturated heterocycles. The van der Waals surface area contributed by atoms with Crippen LogP contribution in [0.2, 0.25) is 0 Å². The van der Waals surface area contributed by atoms with Gasteiger partial charge in [-0.25, -0.2) is 0 Å². The van der Waals surface area contributed by atoms with Gasteiger partial charge in [-0.2, -0.15) is 11.8 Å². The quantitative estimate of drug-likeness (QED) is 0.818. The van der Waals surface area contributed by atoms with E-state index in [1.165, 1.54) is 12.8 Å². The molecule has 0 aliphatic heterocycles. The fourth-order valence-corrected chi connectivity index (χ4v) is 2.81. The van der Waals surface area contributed by atoms with Gasteiger partial charge in [0.25, 0.3) is 0 Å². The average Bonchev–Trinajstić information content (AvgIpc) is 2.28. The Morgan fingerprint density at radius 1 is 1.56 bits per heavy atom. The molecule has 1 aliphatic rings. The molecule has 0 aromatic rings. The number of hydrogen-bond donors (Lipinski definition) is 2. The van der Waals surface area contributed by atoms with Crippen molar-refractivity contribution in [3.63, 3.8) is 0 Å². The summed E-state index contributed by atoms with van der Waals surface area (Å²) < 4.78 is 0. The Bertz CT molecular complexity index is 216. The van der Waals surface area contributed by atoms with Gasteiger partial charge in [0.05, 0.1) is 6.04 Å². The summed E-state index contributed by atoms with van der Waals surface area (Å²) in [5, 5.41) is 3.77. The van der Waals surface area contributed by atoms with Gasteiger partial charge in [0.15, 0.2) is 0 Å². The molecule has 1 aliphatic carbocycles. The molecule has 1 fully saturated rings. The molecule has 1 saturated carbocycles. The standard InChI is InChI=1S/C11H22N2OS.ClH/c1-3-10(12)11(14)13-8-5-4-6-9(7-8)15-2;/h8-10H,3-7,12H2,1-2H3,(H,13,14);1H/t8?,9?,10-;/m0./s1. The normalized spacial score (nSPS) is 26.7. The summed E-state index contributed by atoms with van der Waals surface area (Å²) in [7, 11) is 0. The lowest BCUT2D eigenvalue weighted by molar-refractivity contribution is -0.123. The number of halogens is 1. The minimum Gasteiger partial charge on any atom is -0.352 e. The van der Waals surface area contributed by atoms with E-state index in [0.717, 1.165) is 12.8 Å². The number of carbonyl (C=O) groups is 1. The highest BCUT2D eigenvalue weighted by Gasteiger charge is 2.23. The first-order valence-corrected chi connectivity index (χ1v) is 7.05. The third kappa shape index (κ3) is 4.93. The van der Waals surface area contributed by atoms with Crippen LogP contribution in [0.15, 0.2) is 0 Å². The minimum absolute atomic E-state index is 0. The van der Waals surface area contributed by atoms with Crippen LogP contribution >= 0.6 is 24.2 Å². The lowest BCUT2D eigenvalue weighted by Gasteiger charge is -2.29. The van der Waals surface area contributed by atoms with Gasteiger partial charge in [-0.15, -0.1) is 12.4 Å². The Kier molecular flexibility index (Phi) is 8.24. The molecule has 3 nitrogen and oxygen atoms in total. The van der Waals surface area contributed by atoms with Gasteiger partial charge in [0, 0.05) is 11.3 Å². The molecule has 2 unspecified atom stereocenters. The van der Waals surface area contributed by atoms with E-state index in [0.29, 0.717) is 17.7 Å². The Morgan fingerprint density at radius 2 is 2.25 bits per heavy atom. The van der Waals surface area contributed by atoms with Crippen LogP contribution in [0.4, 0.5) is 0 Å². The highest BCUT2D eigenvalue weighted by Crippen LogP contribution is 2.26. The topological polar surface area (TPSA) is 55.1 Å². The molecule has 96 valence electrons. The van der Waals surface area contributed by atoms with E-state index in [-0.39, 0.29) is 24.4 Å². The zero-order chi connectivity index (χ0) is 11.3. The van der Waals surface area contributed by atoms with E-state index < -0.39 is 0 Å². The monoisotopic (exact) mass is 266 g/mol. The highest BCUT2D eigenvalue weighted by atomic mass is 35.5.